The number of amides is 2. The van der Waals surface area contributed by atoms with Crippen LogP contribution in [0.4, 0.5) is 5.69 Å². The van der Waals surface area contributed by atoms with E-state index in [0.717, 1.165) is 0 Å². The molecule has 0 radical (unpaired) electrons. The zero-order chi connectivity index (χ0) is 19.9. The van der Waals surface area contributed by atoms with Gasteiger partial charge in [0.2, 0.25) is 11.8 Å². The van der Waals surface area contributed by atoms with E-state index in [1.165, 1.54) is 10.9 Å². The van der Waals surface area contributed by atoms with E-state index in [0.29, 0.717) is 28.9 Å². The fourth-order valence-corrected chi connectivity index (χ4v) is 2.61. The average Bonchev–Trinajstić information content (AvgIpc) is 2.70. The summed E-state index contributed by atoms with van der Waals surface area (Å²) in [5.41, 5.74) is 0.858. The van der Waals surface area contributed by atoms with Gasteiger partial charge in [-0.3, -0.25) is 19.0 Å². The molecule has 1 aromatic heterocycles. The minimum atomic E-state index is -0.457. The molecule has 0 aliphatic rings. The zero-order valence-electron chi connectivity index (χ0n) is 15.3. The number of para-hydroxylation sites is 1. The Morgan fingerprint density at radius 1 is 1.07 bits per heavy atom. The third-order valence-corrected chi connectivity index (χ3v) is 3.94. The number of nitrogens with zero attached hydrogens (tertiary/aromatic N) is 2. The van der Waals surface area contributed by atoms with Crippen molar-refractivity contribution in [2.45, 2.75) is 13.5 Å². The molecule has 8 heteroatoms. The molecule has 2 N–H and O–H groups in total. The lowest BCUT2D eigenvalue weighted by Gasteiger charge is -2.09. The first kappa shape index (κ1) is 19.1. The summed E-state index contributed by atoms with van der Waals surface area (Å²) in [6.45, 7) is 2.03. The predicted molar refractivity (Wildman–Crippen MR) is 105 cm³/mol. The number of benzene rings is 2. The Hall–Kier alpha value is -3.68. The molecule has 0 fully saturated rings. The molecule has 3 rings (SSSR count). The van der Waals surface area contributed by atoms with Gasteiger partial charge < -0.3 is 15.4 Å². The number of rotatable bonds is 7. The molecule has 0 aliphatic carbocycles. The highest BCUT2D eigenvalue weighted by Crippen LogP contribution is 2.15. The lowest BCUT2D eigenvalue weighted by Crippen LogP contribution is -2.37. The van der Waals surface area contributed by atoms with Gasteiger partial charge in [0.05, 0.1) is 30.4 Å². The molecular weight excluding hydrogens is 360 g/mol. The lowest BCUT2D eigenvalue weighted by molar-refractivity contribution is -0.124. The normalized spacial score (nSPS) is 10.5. The Kier molecular flexibility index (Phi) is 6.01. The fraction of sp³-hybridized carbons (Fsp3) is 0.200. The van der Waals surface area contributed by atoms with E-state index in [2.05, 4.69) is 15.6 Å². The van der Waals surface area contributed by atoms with Gasteiger partial charge in [0.25, 0.3) is 5.56 Å². The van der Waals surface area contributed by atoms with Crippen LogP contribution in [0.2, 0.25) is 0 Å². The van der Waals surface area contributed by atoms with Gasteiger partial charge in [0.1, 0.15) is 12.3 Å². The second-order valence-corrected chi connectivity index (χ2v) is 5.98. The van der Waals surface area contributed by atoms with Gasteiger partial charge in [-0.2, -0.15) is 0 Å². The Bertz CT molecular complexity index is 1040. The standard InChI is InChI=1S/C20H20N4O4/c1-2-28-15-9-7-14(8-10-15)23-18(25)11-21-19(26)12-24-13-22-17-6-4-3-5-16(17)20(24)27/h3-10,13H,2,11-12H2,1H3,(H,21,26)(H,23,25). The lowest BCUT2D eigenvalue weighted by atomic mass is 10.2. The first-order chi connectivity index (χ1) is 13.6. The first-order valence-corrected chi connectivity index (χ1v) is 8.80. The number of ether oxygens (including phenoxy) is 1. The van der Waals surface area contributed by atoms with Crippen LogP contribution < -0.4 is 20.9 Å². The summed E-state index contributed by atoms with van der Waals surface area (Å²) in [6.07, 6.45) is 1.32. The van der Waals surface area contributed by atoms with Crippen LogP contribution in [0.15, 0.2) is 59.7 Å². The third kappa shape index (κ3) is 4.73. The van der Waals surface area contributed by atoms with Gasteiger partial charge in [-0.25, -0.2) is 4.98 Å². The summed E-state index contributed by atoms with van der Waals surface area (Å²) in [6, 6.07) is 13.8. The van der Waals surface area contributed by atoms with Crippen LogP contribution in [-0.4, -0.2) is 34.5 Å². The molecule has 0 atom stereocenters. The molecule has 2 aromatic carbocycles. The maximum absolute atomic E-state index is 12.4. The molecule has 0 bridgehead atoms. The van der Waals surface area contributed by atoms with Crippen molar-refractivity contribution in [1.29, 1.82) is 0 Å². The van der Waals surface area contributed by atoms with Crippen LogP contribution in [0, 0.1) is 0 Å². The molecule has 0 unspecified atom stereocenters. The zero-order valence-corrected chi connectivity index (χ0v) is 15.3. The summed E-state index contributed by atoms with van der Waals surface area (Å²) < 4.78 is 6.55. The van der Waals surface area contributed by atoms with E-state index in [-0.39, 0.29) is 24.6 Å². The van der Waals surface area contributed by atoms with E-state index >= 15 is 0 Å². The fourth-order valence-electron chi connectivity index (χ4n) is 2.61. The maximum Gasteiger partial charge on any atom is 0.261 e. The van der Waals surface area contributed by atoms with Crippen LogP contribution in [0.5, 0.6) is 5.75 Å². The molecule has 28 heavy (non-hydrogen) atoms. The summed E-state index contributed by atoms with van der Waals surface area (Å²) >= 11 is 0. The van der Waals surface area contributed by atoms with Crippen LogP contribution in [-0.2, 0) is 16.1 Å². The third-order valence-electron chi connectivity index (χ3n) is 3.94. The van der Waals surface area contributed by atoms with E-state index in [1.54, 1.807) is 48.5 Å². The Morgan fingerprint density at radius 2 is 1.82 bits per heavy atom. The number of hydrogen-bond donors (Lipinski definition) is 2. The first-order valence-electron chi connectivity index (χ1n) is 8.80. The SMILES string of the molecule is CCOc1ccc(NC(=O)CNC(=O)Cn2cnc3ccccc3c2=O)cc1. The number of hydrogen-bond acceptors (Lipinski definition) is 5. The van der Waals surface area contributed by atoms with Crippen LogP contribution in [0.25, 0.3) is 10.9 Å². The van der Waals surface area contributed by atoms with Crippen molar-refractivity contribution in [3.63, 3.8) is 0 Å². The van der Waals surface area contributed by atoms with Crippen LogP contribution in [0.1, 0.15) is 6.92 Å². The highest BCUT2D eigenvalue weighted by Gasteiger charge is 2.10. The highest BCUT2D eigenvalue weighted by atomic mass is 16.5. The van der Waals surface area contributed by atoms with Gasteiger partial charge in [-0.15, -0.1) is 0 Å². The van der Waals surface area contributed by atoms with E-state index < -0.39 is 5.91 Å². The van der Waals surface area contributed by atoms with Crippen LogP contribution in [0.3, 0.4) is 0 Å². The Balaban J connectivity index is 1.53. The number of aromatic nitrogens is 2. The van der Waals surface area contributed by atoms with E-state index in [1.807, 2.05) is 6.92 Å². The van der Waals surface area contributed by atoms with Crippen molar-refractivity contribution < 1.29 is 14.3 Å². The summed E-state index contributed by atoms with van der Waals surface area (Å²) in [5, 5.41) is 5.61. The minimum Gasteiger partial charge on any atom is -0.494 e. The number of fused-ring (bicyclic) bond motifs is 1. The van der Waals surface area contributed by atoms with Gasteiger partial charge >= 0.3 is 0 Å². The van der Waals surface area contributed by atoms with Crippen LogP contribution >= 0.6 is 0 Å². The van der Waals surface area contributed by atoms with Crippen molar-refractivity contribution in [3.8, 4) is 5.75 Å². The predicted octanol–water partition coefficient (Wildman–Crippen LogP) is 1.55. The molecule has 144 valence electrons. The van der Waals surface area contributed by atoms with Crippen molar-refractivity contribution in [2.24, 2.45) is 0 Å². The van der Waals surface area contributed by atoms with Gasteiger partial charge in [0, 0.05) is 5.69 Å². The minimum absolute atomic E-state index is 0.207. The number of nitrogens with one attached hydrogen (secondary N) is 2. The molecule has 3 aromatic rings. The largest absolute Gasteiger partial charge is 0.494 e. The molecule has 0 aliphatic heterocycles. The number of carbonyl (C=O) groups is 2. The van der Waals surface area contributed by atoms with Gasteiger partial charge in [0.15, 0.2) is 0 Å². The molecule has 1 heterocycles. The topological polar surface area (TPSA) is 102 Å². The van der Waals surface area contributed by atoms with Crippen molar-refractivity contribution >= 4 is 28.4 Å². The average molecular weight is 380 g/mol. The molecular formula is C20H20N4O4. The smallest absolute Gasteiger partial charge is 0.261 e. The van der Waals surface area contributed by atoms with Gasteiger partial charge in [-0.05, 0) is 43.3 Å². The van der Waals surface area contributed by atoms with Crippen molar-refractivity contribution in [3.05, 3.63) is 65.2 Å². The molecule has 0 saturated heterocycles. The Labute approximate surface area is 161 Å². The maximum atomic E-state index is 12.4. The van der Waals surface area contributed by atoms with Crippen molar-refractivity contribution in [2.75, 3.05) is 18.5 Å². The second-order valence-electron chi connectivity index (χ2n) is 5.98. The summed E-state index contributed by atoms with van der Waals surface area (Å²) in [4.78, 5) is 40.6. The summed E-state index contributed by atoms with van der Waals surface area (Å²) in [7, 11) is 0. The van der Waals surface area contributed by atoms with Crippen molar-refractivity contribution in [1.82, 2.24) is 14.9 Å². The molecule has 0 saturated carbocycles. The number of carbonyl (C=O) groups excluding carboxylic acids is 2. The monoisotopic (exact) mass is 380 g/mol. The second kappa shape index (κ2) is 8.81. The Morgan fingerprint density at radius 3 is 2.57 bits per heavy atom. The summed E-state index contributed by atoms with van der Waals surface area (Å²) in [5.74, 6) is -0.120. The molecule has 8 nitrogen and oxygen atoms in total. The van der Waals surface area contributed by atoms with E-state index in [4.69, 9.17) is 4.74 Å². The highest BCUT2D eigenvalue weighted by molar-refractivity contribution is 5.94. The van der Waals surface area contributed by atoms with E-state index in [9.17, 15) is 14.4 Å². The molecule has 2 amide bonds. The quantitative estimate of drug-likeness (QED) is 0.647. The van der Waals surface area contributed by atoms with Gasteiger partial charge in [-0.1, -0.05) is 12.1 Å². The number of anilines is 1. The molecule has 0 spiro atoms.